The van der Waals surface area contributed by atoms with Crippen LogP contribution in [0.25, 0.3) is 0 Å². The van der Waals surface area contributed by atoms with Gasteiger partial charge in [0.15, 0.2) is 11.5 Å². The highest BCUT2D eigenvalue weighted by Gasteiger charge is 2.22. The average molecular weight is 376 g/mol. The lowest BCUT2D eigenvalue weighted by atomic mass is 10.1. The molecule has 138 valence electrons. The molecule has 0 aromatic heterocycles. The van der Waals surface area contributed by atoms with E-state index in [4.69, 9.17) is 9.47 Å². The topological polar surface area (TPSA) is 93.7 Å². The molecule has 2 aromatic carbocycles. The molecule has 2 aromatic rings. The minimum atomic E-state index is -3.42. The molecule has 1 amide bonds. The fourth-order valence-electron chi connectivity index (χ4n) is 2.66. The fourth-order valence-corrected chi connectivity index (χ4v) is 3.28. The largest absolute Gasteiger partial charge is 0.486 e. The Labute approximate surface area is 152 Å². The van der Waals surface area contributed by atoms with E-state index in [9.17, 15) is 13.2 Å². The molecule has 0 aliphatic carbocycles. The SMILES string of the molecule is Cc1c(NS(C)(=O)=O)cccc1C(=O)NCC1COc2ccccc2O1. The number of carbonyl (C=O) groups is 1. The first-order valence-corrected chi connectivity index (χ1v) is 9.97. The van der Waals surface area contributed by atoms with Crippen molar-refractivity contribution in [2.24, 2.45) is 0 Å². The molecule has 2 N–H and O–H groups in total. The minimum Gasteiger partial charge on any atom is -0.486 e. The molecular formula is C18H20N2O5S. The number of amides is 1. The maximum Gasteiger partial charge on any atom is 0.251 e. The summed E-state index contributed by atoms with van der Waals surface area (Å²) < 4.78 is 36.7. The predicted octanol–water partition coefficient (Wildman–Crippen LogP) is 1.94. The van der Waals surface area contributed by atoms with Gasteiger partial charge in [-0.15, -0.1) is 0 Å². The van der Waals surface area contributed by atoms with Crippen molar-refractivity contribution in [3.8, 4) is 11.5 Å². The highest BCUT2D eigenvalue weighted by Crippen LogP contribution is 2.30. The zero-order valence-electron chi connectivity index (χ0n) is 14.5. The molecule has 1 unspecified atom stereocenters. The lowest BCUT2D eigenvalue weighted by Gasteiger charge is -2.26. The molecule has 0 fully saturated rings. The maximum atomic E-state index is 12.5. The minimum absolute atomic E-state index is 0.274. The van der Waals surface area contributed by atoms with Crippen molar-refractivity contribution in [3.63, 3.8) is 0 Å². The number of fused-ring (bicyclic) bond motifs is 1. The molecule has 0 bridgehead atoms. The molecule has 1 aliphatic rings. The smallest absolute Gasteiger partial charge is 0.251 e. The van der Waals surface area contributed by atoms with Gasteiger partial charge in [0, 0.05) is 5.56 Å². The summed E-state index contributed by atoms with van der Waals surface area (Å²) in [5, 5.41) is 2.81. The maximum absolute atomic E-state index is 12.5. The third-order valence-electron chi connectivity index (χ3n) is 3.93. The summed E-state index contributed by atoms with van der Waals surface area (Å²) in [4.78, 5) is 12.5. The summed E-state index contributed by atoms with van der Waals surface area (Å²) in [6, 6.07) is 12.2. The van der Waals surface area contributed by atoms with Crippen LogP contribution in [0.2, 0.25) is 0 Å². The van der Waals surface area contributed by atoms with Crippen molar-refractivity contribution < 1.29 is 22.7 Å². The molecular weight excluding hydrogens is 356 g/mol. The van der Waals surface area contributed by atoms with Gasteiger partial charge in [-0.3, -0.25) is 9.52 Å². The molecule has 0 saturated carbocycles. The number of hydrogen-bond acceptors (Lipinski definition) is 5. The van der Waals surface area contributed by atoms with Gasteiger partial charge in [-0.05, 0) is 36.8 Å². The monoisotopic (exact) mass is 376 g/mol. The number of hydrogen-bond donors (Lipinski definition) is 2. The van der Waals surface area contributed by atoms with E-state index in [2.05, 4.69) is 10.0 Å². The fraction of sp³-hybridized carbons (Fsp3) is 0.278. The first kappa shape index (κ1) is 18.1. The van der Waals surface area contributed by atoms with Gasteiger partial charge in [-0.1, -0.05) is 18.2 Å². The summed E-state index contributed by atoms with van der Waals surface area (Å²) >= 11 is 0. The van der Waals surface area contributed by atoms with Crippen LogP contribution in [0.5, 0.6) is 11.5 Å². The number of rotatable bonds is 5. The van der Waals surface area contributed by atoms with Crippen LogP contribution in [0.3, 0.4) is 0 Å². The summed E-state index contributed by atoms with van der Waals surface area (Å²) in [7, 11) is -3.42. The van der Waals surface area contributed by atoms with Crippen molar-refractivity contribution in [2.75, 3.05) is 24.1 Å². The number of benzene rings is 2. The molecule has 7 nitrogen and oxygen atoms in total. The molecule has 26 heavy (non-hydrogen) atoms. The van der Waals surface area contributed by atoms with Crippen LogP contribution in [-0.2, 0) is 10.0 Å². The molecule has 0 radical (unpaired) electrons. The quantitative estimate of drug-likeness (QED) is 0.832. The third kappa shape index (κ3) is 4.26. The molecule has 0 spiro atoms. The Morgan fingerprint density at radius 2 is 1.88 bits per heavy atom. The van der Waals surface area contributed by atoms with Gasteiger partial charge in [0.1, 0.15) is 12.7 Å². The van der Waals surface area contributed by atoms with E-state index in [1.807, 2.05) is 24.3 Å². The van der Waals surface area contributed by atoms with Crippen LogP contribution < -0.4 is 19.5 Å². The van der Waals surface area contributed by atoms with Crippen LogP contribution >= 0.6 is 0 Å². The average Bonchev–Trinajstić information content (AvgIpc) is 2.60. The van der Waals surface area contributed by atoms with E-state index in [0.29, 0.717) is 34.9 Å². The van der Waals surface area contributed by atoms with Gasteiger partial charge in [0.05, 0.1) is 18.5 Å². The van der Waals surface area contributed by atoms with Gasteiger partial charge >= 0.3 is 0 Å². The van der Waals surface area contributed by atoms with E-state index < -0.39 is 10.0 Å². The van der Waals surface area contributed by atoms with Crippen molar-refractivity contribution in [1.29, 1.82) is 0 Å². The first-order chi connectivity index (χ1) is 12.3. The summed E-state index contributed by atoms with van der Waals surface area (Å²) in [5.74, 6) is 1.03. The lowest BCUT2D eigenvalue weighted by Crippen LogP contribution is -2.40. The predicted molar refractivity (Wildman–Crippen MR) is 98.3 cm³/mol. The molecule has 1 aliphatic heterocycles. The third-order valence-corrected chi connectivity index (χ3v) is 4.52. The molecule has 3 rings (SSSR count). The number of anilines is 1. The summed E-state index contributed by atoms with van der Waals surface area (Å²) in [6.07, 6.45) is 0.767. The van der Waals surface area contributed by atoms with Gasteiger partial charge in [-0.2, -0.15) is 0 Å². The van der Waals surface area contributed by atoms with Crippen LogP contribution in [-0.4, -0.2) is 39.8 Å². The standard InChI is InChI=1S/C18H20N2O5S/c1-12-14(6-5-7-15(12)20-26(2,22)23)18(21)19-10-13-11-24-16-8-3-4-9-17(16)25-13/h3-9,13,20H,10-11H2,1-2H3,(H,19,21). The Morgan fingerprint density at radius 3 is 2.62 bits per heavy atom. The van der Waals surface area contributed by atoms with Crippen molar-refractivity contribution in [1.82, 2.24) is 5.32 Å². The van der Waals surface area contributed by atoms with Crippen LogP contribution in [0.4, 0.5) is 5.69 Å². The highest BCUT2D eigenvalue weighted by molar-refractivity contribution is 7.92. The van der Waals surface area contributed by atoms with Crippen molar-refractivity contribution in [3.05, 3.63) is 53.6 Å². The second-order valence-electron chi connectivity index (χ2n) is 6.06. The van der Waals surface area contributed by atoms with Crippen molar-refractivity contribution >= 4 is 21.6 Å². The number of carbonyl (C=O) groups excluding carboxylic acids is 1. The van der Waals surface area contributed by atoms with E-state index in [1.165, 1.54) is 0 Å². The highest BCUT2D eigenvalue weighted by atomic mass is 32.2. The van der Waals surface area contributed by atoms with E-state index in [-0.39, 0.29) is 18.6 Å². The Morgan fingerprint density at radius 1 is 1.15 bits per heavy atom. The van der Waals surface area contributed by atoms with Gasteiger partial charge in [0.25, 0.3) is 5.91 Å². The molecule has 8 heteroatoms. The second kappa shape index (κ2) is 7.25. The van der Waals surface area contributed by atoms with E-state index >= 15 is 0 Å². The summed E-state index contributed by atoms with van der Waals surface area (Å²) in [5.41, 5.74) is 1.34. The normalized spacial score (nSPS) is 16.0. The van der Waals surface area contributed by atoms with E-state index in [0.717, 1.165) is 6.26 Å². The Kier molecular flexibility index (Phi) is 5.03. The van der Waals surface area contributed by atoms with Gasteiger partial charge in [0.2, 0.25) is 10.0 Å². The number of para-hydroxylation sites is 2. The van der Waals surface area contributed by atoms with Crippen molar-refractivity contribution in [2.45, 2.75) is 13.0 Å². The van der Waals surface area contributed by atoms with E-state index in [1.54, 1.807) is 25.1 Å². The Bertz CT molecular complexity index is 927. The lowest BCUT2D eigenvalue weighted by molar-refractivity contribution is 0.0789. The molecule has 1 atom stereocenters. The summed E-state index contributed by atoms with van der Waals surface area (Å²) in [6.45, 7) is 2.31. The number of nitrogens with one attached hydrogen (secondary N) is 2. The zero-order valence-corrected chi connectivity index (χ0v) is 15.3. The number of ether oxygens (including phenoxy) is 2. The molecule has 1 heterocycles. The van der Waals surface area contributed by atoms with Gasteiger partial charge in [-0.25, -0.2) is 8.42 Å². The van der Waals surface area contributed by atoms with Crippen LogP contribution in [0, 0.1) is 6.92 Å². The Balaban J connectivity index is 1.65. The first-order valence-electron chi connectivity index (χ1n) is 8.07. The van der Waals surface area contributed by atoms with Crippen LogP contribution in [0.15, 0.2) is 42.5 Å². The van der Waals surface area contributed by atoms with Gasteiger partial charge < -0.3 is 14.8 Å². The second-order valence-corrected chi connectivity index (χ2v) is 7.81. The molecule has 0 saturated heterocycles. The van der Waals surface area contributed by atoms with Crippen LogP contribution in [0.1, 0.15) is 15.9 Å². The number of sulfonamides is 1. The zero-order chi connectivity index (χ0) is 18.7. The Hall–Kier alpha value is -2.74.